The van der Waals surface area contributed by atoms with Crippen LogP contribution < -0.4 is 10.5 Å². The molecule has 0 bridgehead atoms. The Hall–Kier alpha value is -1.16. The van der Waals surface area contributed by atoms with Gasteiger partial charge in [-0.2, -0.15) is 0 Å². The van der Waals surface area contributed by atoms with Crippen molar-refractivity contribution in [2.75, 3.05) is 0 Å². The highest BCUT2D eigenvalue weighted by Gasteiger charge is 2.28. The largest absolute Gasteiger partial charge is 0.472 e. The topological polar surface area (TPSA) is 48.1 Å². The zero-order valence-corrected chi connectivity index (χ0v) is 11.1. The zero-order chi connectivity index (χ0) is 13.2. The van der Waals surface area contributed by atoms with Crippen LogP contribution >= 0.6 is 0 Å². The van der Waals surface area contributed by atoms with Crippen LogP contribution in [0.5, 0.6) is 5.88 Å². The number of hydrogen-bond donors (Lipinski definition) is 1. The summed E-state index contributed by atoms with van der Waals surface area (Å²) in [6.45, 7) is 4.69. The molecule has 1 aliphatic carbocycles. The number of nitrogens with zero attached hydrogens (tertiary/aromatic N) is 1. The predicted molar refractivity (Wildman–Crippen MR) is 68.8 cm³/mol. The van der Waals surface area contributed by atoms with Gasteiger partial charge in [-0.05, 0) is 37.2 Å². The minimum atomic E-state index is -0.412. The molecule has 1 saturated carbocycles. The van der Waals surface area contributed by atoms with Crippen LogP contribution in [0, 0.1) is 11.2 Å². The van der Waals surface area contributed by atoms with Crippen LogP contribution in [0.1, 0.15) is 45.1 Å². The van der Waals surface area contributed by atoms with E-state index in [-0.39, 0.29) is 18.5 Å². The van der Waals surface area contributed by atoms with Crippen LogP contribution in [-0.4, -0.2) is 11.1 Å². The smallest absolute Gasteiger partial charge is 0.250 e. The first-order valence-corrected chi connectivity index (χ1v) is 6.52. The molecule has 0 radical (unpaired) electrons. The number of hydrogen-bond acceptors (Lipinski definition) is 3. The van der Waals surface area contributed by atoms with Gasteiger partial charge in [-0.25, -0.2) is 9.37 Å². The Morgan fingerprint density at radius 2 is 2.11 bits per heavy atom. The van der Waals surface area contributed by atoms with E-state index in [0.717, 1.165) is 25.7 Å². The lowest BCUT2D eigenvalue weighted by Gasteiger charge is -2.34. The van der Waals surface area contributed by atoms with Gasteiger partial charge < -0.3 is 10.5 Å². The first kappa shape index (κ1) is 13.3. The van der Waals surface area contributed by atoms with Gasteiger partial charge in [0.25, 0.3) is 5.88 Å². The molecule has 0 atom stereocenters. The molecule has 0 aromatic carbocycles. The summed E-state index contributed by atoms with van der Waals surface area (Å²) in [5, 5.41) is 0. The van der Waals surface area contributed by atoms with Crippen molar-refractivity contribution in [1.82, 2.24) is 4.98 Å². The maximum absolute atomic E-state index is 13.9. The Kier molecular flexibility index (Phi) is 3.85. The van der Waals surface area contributed by atoms with Crippen molar-refractivity contribution < 1.29 is 9.13 Å². The maximum Gasteiger partial charge on any atom is 0.250 e. The van der Waals surface area contributed by atoms with Gasteiger partial charge in [0, 0.05) is 18.3 Å². The molecule has 1 aromatic rings. The van der Waals surface area contributed by atoms with Crippen molar-refractivity contribution in [2.45, 2.75) is 52.2 Å². The second-order valence-electron chi connectivity index (χ2n) is 5.77. The third kappa shape index (κ3) is 2.99. The van der Waals surface area contributed by atoms with Crippen LogP contribution in [-0.2, 0) is 6.54 Å². The fourth-order valence-corrected chi connectivity index (χ4v) is 2.35. The third-order valence-corrected chi connectivity index (χ3v) is 3.72. The van der Waals surface area contributed by atoms with Crippen LogP contribution in [0.4, 0.5) is 4.39 Å². The Bertz CT molecular complexity index is 410. The number of pyridine rings is 1. The molecule has 1 aliphatic rings. The molecule has 2 rings (SSSR count). The molecule has 1 aromatic heterocycles. The first-order valence-electron chi connectivity index (χ1n) is 6.52. The molecule has 4 heteroatoms. The predicted octanol–water partition coefficient (Wildman–Crippen LogP) is 3.03. The monoisotopic (exact) mass is 252 g/mol. The van der Waals surface area contributed by atoms with Crippen molar-refractivity contribution in [3.8, 4) is 5.88 Å². The Balaban J connectivity index is 2.02. The van der Waals surface area contributed by atoms with Gasteiger partial charge in [-0.1, -0.05) is 13.8 Å². The Morgan fingerprint density at radius 3 is 2.72 bits per heavy atom. The van der Waals surface area contributed by atoms with Gasteiger partial charge >= 0.3 is 0 Å². The highest BCUT2D eigenvalue weighted by molar-refractivity contribution is 5.23. The summed E-state index contributed by atoms with van der Waals surface area (Å²) in [5.41, 5.74) is 6.30. The van der Waals surface area contributed by atoms with Crippen molar-refractivity contribution in [1.29, 1.82) is 0 Å². The lowest BCUT2D eigenvalue weighted by molar-refractivity contribution is 0.0908. The number of nitrogens with two attached hydrogens (primary N) is 1. The van der Waals surface area contributed by atoms with E-state index in [1.54, 1.807) is 12.3 Å². The number of rotatable bonds is 3. The minimum Gasteiger partial charge on any atom is -0.472 e. The van der Waals surface area contributed by atoms with Crippen LogP contribution in [0.2, 0.25) is 0 Å². The van der Waals surface area contributed by atoms with Crippen molar-refractivity contribution in [3.05, 3.63) is 23.6 Å². The molecule has 0 spiro atoms. The summed E-state index contributed by atoms with van der Waals surface area (Å²) >= 11 is 0. The maximum atomic E-state index is 13.9. The normalized spacial score (nSPS) is 19.8. The molecule has 0 amide bonds. The lowest BCUT2D eigenvalue weighted by atomic mass is 9.76. The number of ether oxygens (including phenoxy) is 1. The molecular formula is C14H21FN2O. The average molecular weight is 252 g/mol. The van der Waals surface area contributed by atoms with E-state index in [4.69, 9.17) is 10.5 Å². The molecular weight excluding hydrogens is 231 g/mol. The van der Waals surface area contributed by atoms with E-state index in [0.29, 0.717) is 11.0 Å². The molecule has 0 saturated heterocycles. The molecule has 1 fully saturated rings. The van der Waals surface area contributed by atoms with Crippen LogP contribution in [0.3, 0.4) is 0 Å². The van der Waals surface area contributed by atoms with E-state index in [1.807, 2.05) is 0 Å². The second kappa shape index (κ2) is 5.22. The van der Waals surface area contributed by atoms with Gasteiger partial charge in [0.05, 0.1) is 0 Å². The minimum absolute atomic E-state index is 0.0769. The molecule has 0 unspecified atom stereocenters. The zero-order valence-electron chi connectivity index (χ0n) is 11.1. The summed E-state index contributed by atoms with van der Waals surface area (Å²) in [4.78, 5) is 3.96. The van der Waals surface area contributed by atoms with Crippen molar-refractivity contribution in [3.63, 3.8) is 0 Å². The Labute approximate surface area is 108 Å². The summed E-state index contributed by atoms with van der Waals surface area (Å²) < 4.78 is 19.6. The first-order chi connectivity index (χ1) is 8.52. The molecule has 3 nitrogen and oxygen atoms in total. The van der Waals surface area contributed by atoms with Crippen LogP contribution in [0.15, 0.2) is 12.3 Å². The van der Waals surface area contributed by atoms with Crippen molar-refractivity contribution >= 4 is 0 Å². The molecule has 18 heavy (non-hydrogen) atoms. The van der Waals surface area contributed by atoms with Crippen molar-refractivity contribution in [2.24, 2.45) is 11.1 Å². The Morgan fingerprint density at radius 1 is 1.44 bits per heavy atom. The lowest BCUT2D eigenvalue weighted by Crippen LogP contribution is -2.29. The number of aromatic nitrogens is 1. The fraction of sp³-hybridized carbons (Fsp3) is 0.643. The summed E-state index contributed by atoms with van der Waals surface area (Å²) in [7, 11) is 0. The summed E-state index contributed by atoms with van der Waals surface area (Å²) in [6.07, 6.45) is 5.76. The molecule has 100 valence electrons. The van der Waals surface area contributed by atoms with E-state index >= 15 is 0 Å². The third-order valence-electron chi connectivity index (χ3n) is 3.72. The van der Waals surface area contributed by atoms with Crippen LogP contribution in [0.25, 0.3) is 0 Å². The van der Waals surface area contributed by atoms with Gasteiger partial charge in [0.1, 0.15) is 6.10 Å². The van der Waals surface area contributed by atoms with E-state index < -0.39 is 5.82 Å². The fourth-order valence-electron chi connectivity index (χ4n) is 2.35. The summed E-state index contributed by atoms with van der Waals surface area (Å²) in [5.74, 6) is -0.313. The van der Waals surface area contributed by atoms with E-state index in [2.05, 4.69) is 18.8 Å². The van der Waals surface area contributed by atoms with Gasteiger partial charge in [0.2, 0.25) is 0 Å². The second-order valence-corrected chi connectivity index (χ2v) is 5.77. The van der Waals surface area contributed by atoms with Gasteiger partial charge in [-0.3, -0.25) is 0 Å². The molecule has 1 heterocycles. The van der Waals surface area contributed by atoms with E-state index in [1.165, 1.54) is 0 Å². The SMILES string of the molecule is CC1(C)CCC(Oc2nccc(CN)c2F)CC1. The molecule has 2 N–H and O–H groups in total. The van der Waals surface area contributed by atoms with Gasteiger partial charge in [-0.15, -0.1) is 0 Å². The quantitative estimate of drug-likeness (QED) is 0.899. The molecule has 0 aliphatic heterocycles. The number of halogens is 1. The van der Waals surface area contributed by atoms with E-state index in [9.17, 15) is 4.39 Å². The highest BCUT2D eigenvalue weighted by atomic mass is 19.1. The van der Waals surface area contributed by atoms with Gasteiger partial charge in [0.15, 0.2) is 5.82 Å². The highest BCUT2D eigenvalue weighted by Crippen LogP contribution is 2.36. The standard InChI is InChI=1S/C14H21FN2O/c1-14(2)6-3-11(4-7-14)18-13-12(15)10(9-16)5-8-17-13/h5,8,11H,3-4,6-7,9,16H2,1-2H3. The summed E-state index contributed by atoms with van der Waals surface area (Å²) in [6, 6.07) is 1.59. The average Bonchev–Trinajstić information content (AvgIpc) is 2.34.